The van der Waals surface area contributed by atoms with Crippen LogP contribution in [0.1, 0.15) is 0 Å². The van der Waals surface area contributed by atoms with Gasteiger partial charge in [-0.25, -0.2) is 0 Å². The average molecular weight is 110 g/mol. The molecular weight excluding hydrogens is 104 g/mol. The van der Waals surface area contributed by atoms with E-state index in [1.54, 1.807) is 6.07 Å². The van der Waals surface area contributed by atoms with Crippen LogP contribution in [0.25, 0.3) is 0 Å². The summed E-state index contributed by atoms with van der Waals surface area (Å²) < 4.78 is 0. The molecule has 0 aliphatic carbocycles. The fourth-order valence-electron chi connectivity index (χ4n) is 0.202. The van der Waals surface area contributed by atoms with Gasteiger partial charge in [-0.3, -0.25) is 4.79 Å². The van der Waals surface area contributed by atoms with Crippen molar-refractivity contribution in [3.63, 3.8) is 0 Å². The maximum absolute atomic E-state index is 10.3. The number of hydrogen-bond acceptors (Lipinski definition) is 2. The Labute approximate surface area is 47.6 Å². The molecule has 0 aromatic carbocycles. The van der Waals surface area contributed by atoms with Gasteiger partial charge in [-0.15, -0.1) is 0 Å². The summed E-state index contributed by atoms with van der Waals surface area (Å²) in [5.74, 6) is -0.424. The summed E-state index contributed by atoms with van der Waals surface area (Å²) in [6.45, 7) is 3.17. The molecule has 0 unspecified atom stereocenters. The standard InChI is InChI=1S/C5H6N2O/c1-4(3-6)5(8)7-2/h1H2,2H3,(H,7,8). The normalized spacial score (nSPS) is 7.00. The Morgan fingerprint density at radius 1 is 1.88 bits per heavy atom. The van der Waals surface area contributed by atoms with E-state index in [-0.39, 0.29) is 5.57 Å². The van der Waals surface area contributed by atoms with Crippen LogP contribution in [0.15, 0.2) is 12.2 Å². The van der Waals surface area contributed by atoms with E-state index in [1.165, 1.54) is 7.05 Å². The Morgan fingerprint density at radius 3 is 2.50 bits per heavy atom. The summed E-state index contributed by atoms with van der Waals surface area (Å²) in [5.41, 5.74) is -0.0625. The molecule has 42 valence electrons. The second kappa shape index (κ2) is 2.80. The number of carbonyl (C=O) groups excluding carboxylic acids is 1. The van der Waals surface area contributed by atoms with Gasteiger partial charge in [-0.05, 0) is 0 Å². The number of rotatable bonds is 1. The SMILES string of the molecule is C=C(C#N)C(=O)NC. The summed E-state index contributed by atoms with van der Waals surface area (Å²) in [4.78, 5) is 10.3. The van der Waals surface area contributed by atoms with E-state index in [0.29, 0.717) is 0 Å². The first-order valence-electron chi connectivity index (χ1n) is 2.03. The van der Waals surface area contributed by atoms with E-state index in [2.05, 4.69) is 11.9 Å². The van der Waals surface area contributed by atoms with Gasteiger partial charge in [0, 0.05) is 7.05 Å². The summed E-state index contributed by atoms with van der Waals surface area (Å²) in [7, 11) is 1.45. The third-order valence-electron chi connectivity index (χ3n) is 0.636. The highest BCUT2D eigenvalue weighted by atomic mass is 16.1. The minimum atomic E-state index is -0.424. The molecule has 0 saturated carbocycles. The van der Waals surface area contributed by atoms with E-state index >= 15 is 0 Å². The summed E-state index contributed by atoms with van der Waals surface area (Å²) in [6, 6.07) is 1.61. The van der Waals surface area contributed by atoms with E-state index in [1.807, 2.05) is 0 Å². The quantitative estimate of drug-likeness (QED) is 0.376. The zero-order valence-corrected chi connectivity index (χ0v) is 4.56. The van der Waals surface area contributed by atoms with Crippen molar-refractivity contribution < 1.29 is 4.79 Å². The highest BCUT2D eigenvalue weighted by Crippen LogP contribution is 1.82. The molecule has 0 spiro atoms. The molecule has 8 heavy (non-hydrogen) atoms. The van der Waals surface area contributed by atoms with Crippen LogP contribution in [0, 0.1) is 11.3 Å². The minimum absolute atomic E-state index is 0.0625. The lowest BCUT2D eigenvalue weighted by Crippen LogP contribution is -2.18. The summed E-state index contributed by atoms with van der Waals surface area (Å²) >= 11 is 0. The monoisotopic (exact) mass is 110 g/mol. The molecule has 3 nitrogen and oxygen atoms in total. The van der Waals surface area contributed by atoms with Crippen molar-refractivity contribution in [1.29, 1.82) is 5.26 Å². The zero-order chi connectivity index (χ0) is 6.57. The van der Waals surface area contributed by atoms with Gasteiger partial charge in [0.15, 0.2) is 0 Å². The first-order valence-corrected chi connectivity index (χ1v) is 2.03. The smallest absolute Gasteiger partial charge is 0.261 e. The number of carbonyl (C=O) groups is 1. The Balaban J connectivity index is 3.89. The van der Waals surface area contributed by atoms with Crippen LogP contribution in [0.3, 0.4) is 0 Å². The number of hydrogen-bond donors (Lipinski definition) is 1. The molecule has 1 amide bonds. The largest absolute Gasteiger partial charge is 0.355 e. The van der Waals surface area contributed by atoms with Gasteiger partial charge in [0.25, 0.3) is 5.91 Å². The van der Waals surface area contributed by atoms with Crippen LogP contribution in [-0.2, 0) is 4.79 Å². The molecular formula is C5H6N2O. The van der Waals surface area contributed by atoms with Crippen molar-refractivity contribution in [3.8, 4) is 6.07 Å². The summed E-state index contributed by atoms with van der Waals surface area (Å²) in [6.07, 6.45) is 0. The molecule has 0 radical (unpaired) electrons. The fourth-order valence-corrected chi connectivity index (χ4v) is 0.202. The molecule has 0 aromatic heterocycles. The first kappa shape index (κ1) is 6.70. The maximum Gasteiger partial charge on any atom is 0.261 e. The van der Waals surface area contributed by atoms with Crippen molar-refractivity contribution in [1.82, 2.24) is 5.32 Å². The molecule has 0 rings (SSSR count). The number of likely N-dealkylation sites (N-methyl/N-ethyl adjacent to an activating group) is 1. The molecule has 0 heterocycles. The molecule has 0 aliphatic heterocycles. The maximum atomic E-state index is 10.3. The minimum Gasteiger partial charge on any atom is -0.355 e. The second-order valence-electron chi connectivity index (χ2n) is 1.17. The van der Waals surface area contributed by atoms with E-state index in [4.69, 9.17) is 5.26 Å². The molecule has 0 aromatic rings. The number of nitrogens with zero attached hydrogens (tertiary/aromatic N) is 1. The molecule has 0 saturated heterocycles. The third-order valence-corrected chi connectivity index (χ3v) is 0.636. The lowest BCUT2D eigenvalue weighted by molar-refractivity contribution is -0.116. The predicted octanol–water partition coefficient (Wildman–Crippen LogP) is -0.188. The van der Waals surface area contributed by atoms with Crippen LogP contribution < -0.4 is 5.32 Å². The average Bonchev–Trinajstić information content (AvgIpc) is 1.84. The van der Waals surface area contributed by atoms with Crippen LogP contribution in [-0.4, -0.2) is 13.0 Å². The second-order valence-corrected chi connectivity index (χ2v) is 1.17. The Morgan fingerprint density at radius 2 is 2.38 bits per heavy atom. The number of nitriles is 1. The highest BCUT2D eigenvalue weighted by Gasteiger charge is 1.98. The predicted molar refractivity (Wildman–Crippen MR) is 28.8 cm³/mol. The third kappa shape index (κ3) is 1.43. The fraction of sp³-hybridized carbons (Fsp3) is 0.200. The van der Waals surface area contributed by atoms with Gasteiger partial charge in [-0.1, -0.05) is 6.58 Å². The molecule has 3 heteroatoms. The molecule has 0 atom stereocenters. The number of amides is 1. The van der Waals surface area contributed by atoms with Gasteiger partial charge in [-0.2, -0.15) is 5.26 Å². The lowest BCUT2D eigenvalue weighted by Gasteiger charge is -1.89. The topological polar surface area (TPSA) is 52.9 Å². The van der Waals surface area contributed by atoms with Crippen molar-refractivity contribution in [2.24, 2.45) is 0 Å². The Bertz CT molecular complexity index is 154. The van der Waals surface area contributed by atoms with Crippen LogP contribution in [0.5, 0.6) is 0 Å². The van der Waals surface area contributed by atoms with Crippen LogP contribution in [0.4, 0.5) is 0 Å². The van der Waals surface area contributed by atoms with E-state index in [9.17, 15) is 4.79 Å². The van der Waals surface area contributed by atoms with E-state index < -0.39 is 5.91 Å². The molecule has 1 N–H and O–H groups in total. The Hall–Kier alpha value is -1.30. The van der Waals surface area contributed by atoms with Crippen LogP contribution >= 0.6 is 0 Å². The summed E-state index contributed by atoms with van der Waals surface area (Å²) in [5, 5.41) is 10.3. The van der Waals surface area contributed by atoms with Gasteiger partial charge in [0.2, 0.25) is 0 Å². The van der Waals surface area contributed by atoms with Crippen molar-refractivity contribution in [2.45, 2.75) is 0 Å². The highest BCUT2D eigenvalue weighted by molar-refractivity contribution is 5.96. The first-order chi connectivity index (χ1) is 3.72. The zero-order valence-electron chi connectivity index (χ0n) is 4.56. The molecule has 0 fully saturated rings. The van der Waals surface area contributed by atoms with Crippen molar-refractivity contribution in [3.05, 3.63) is 12.2 Å². The van der Waals surface area contributed by atoms with E-state index in [0.717, 1.165) is 0 Å². The van der Waals surface area contributed by atoms with Crippen LogP contribution in [0.2, 0.25) is 0 Å². The number of nitrogens with one attached hydrogen (secondary N) is 1. The van der Waals surface area contributed by atoms with Crippen molar-refractivity contribution in [2.75, 3.05) is 7.05 Å². The van der Waals surface area contributed by atoms with Gasteiger partial charge < -0.3 is 5.32 Å². The van der Waals surface area contributed by atoms with Gasteiger partial charge in [0.1, 0.15) is 11.6 Å². The van der Waals surface area contributed by atoms with Gasteiger partial charge in [0.05, 0.1) is 0 Å². The molecule has 0 bridgehead atoms. The Kier molecular flexibility index (Phi) is 2.35. The van der Waals surface area contributed by atoms with Gasteiger partial charge >= 0.3 is 0 Å². The lowest BCUT2D eigenvalue weighted by atomic mass is 10.3. The molecule has 0 aliphatic rings. The van der Waals surface area contributed by atoms with Crippen molar-refractivity contribution >= 4 is 5.91 Å².